The normalized spacial score (nSPS) is 12.6. The van der Waals surface area contributed by atoms with E-state index in [2.05, 4.69) is 39.3 Å². The van der Waals surface area contributed by atoms with E-state index in [4.69, 9.17) is 4.52 Å². The Labute approximate surface area is 119 Å². The van der Waals surface area contributed by atoms with Gasteiger partial charge in [-0.3, -0.25) is 0 Å². The van der Waals surface area contributed by atoms with Gasteiger partial charge in [0.05, 0.1) is 0 Å². The average molecular weight is 275 g/mol. The maximum Gasteiger partial charge on any atom is 0.240 e. The van der Waals surface area contributed by atoms with Crippen molar-refractivity contribution < 1.29 is 4.52 Å². The first-order chi connectivity index (χ1) is 9.72. The summed E-state index contributed by atoms with van der Waals surface area (Å²) in [5.74, 6) is 1.58. The van der Waals surface area contributed by atoms with Crippen LogP contribution < -0.4 is 5.32 Å². The topological polar surface area (TPSA) is 76.7 Å². The zero-order valence-corrected chi connectivity index (χ0v) is 12.3. The quantitative estimate of drug-likeness (QED) is 0.834. The molecule has 1 N–H and O–H groups in total. The van der Waals surface area contributed by atoms with Crippen molar-refractivity contribution >= 4 is 0 Å². The lowest BCUT2D eigenvalue weighted by Gasteiger charge is -2.14. The van der Waals surface area contributed by atoms with Crippen LogP contribution >= 0.6 is 0 Å². The van der Waals surface area contributed by atoms with E-state index >= 15 is 0 Å². The Morgan fingerprint density at radius 1 is 1.20 bits per heavy atom. The number of rotatable bonds is 7. The summed E-state index contributed by atoms with van der Waals surface area (Å²) in [5.41, 5.74) is 1.01. The standard InChI is InChI=1S/C14H21N5O/c1-4-6-11(15-5-2)7-12-18-14(19-20-12)13-16-8-10(3)9-17-13/h8-9,11,15H,4-7H2,1-3H3. The summed E-state index contributed by atoms with van der Waals surface area (Å²) in [4.78, 5) is 12.8. The number of hydrogen-bond acceptors (Lipinski definition) is 6. The molecular formula is C14H21N5O. The molecule has 0 aliphatic rings. The Morgan fingerprint density at radius 2 is 1.95 bits per heavy atom. The van der Waals surface area contributed by atoms with Gasteiger partial charge in [0.2, 0.25) is 17.5 Å². The van der Waals surface area contributed by atoms with Crippen LogP contribution in [0.2, 0.25) is 0 Å². The van der Waals surface area contributed by atoms with Crippen LogP contribution in [-0.4, -0.2) is 32.7 Å². The van der Waals surface area contributed by atoms with Crippen LogP contribution in [-0.2, 0) is 6.42 Å². The lowest BCUT2D eigenvalue weighted by atomic mass is 10.1. The first-order valence-corrected chi connectivity index (χ1v) is 7.07. The van der Waals surface area contributed by atoms with Gasteiger partial charge in [0.15, 0.2) is 0 Å². The predicted octanol–water partition coefficient (Wildman–Crippen LogP) is 2.16. The summed E-state index contributed by atoms with van der Waals surface area (Å²) < 4.78 is 5.29. The van der Waals surface area contributed by atoms with Gasteiger partial charge in [0.25, 0.3) is 0 Å². The third kappa shape index (κ3) is 3.84. The highest BCUT2D eigenvalue weighted by atomic mass is 16.5. The number of hydrogen-bond donors (Lipinski definition) is 1. The monoisotopic (exact) mass is 275 g/mol. The van der Waals surface area contributed by atoms with Crippen LogP contribution in [0.15, 0.2) is 16.9 Å². The number of aromatic nitrogens is 4. The lowest BCUT2D eigenvalue weighted by Crippen LogP contribution is -2.30. The molecule has 6 nitrogen and oxygen atoms in total. The van der Waals surface area contributed by atoms with Gasteiger partial charge >= 0.3 is 0 Å². The van der Waals surface area contributed by atoms with Gasteiger partial charge in [0, 0.05) is 24.9 Å². The largest absolute Gasteiger partial charge is 0.339 e. The molecule has 0 aromatic carbocycles. The van der Waals surface area contributed by atoms with Crippen molar-refractivity contribution in [1.82, 2.24) is 25.4 Å². The van der Waals surface area contributed by atoms with E-state index in [0.717, 1.165) is 31.4 Å². The molecule has 0 radical (unpaired) electrons. The smallest absolute Gasteiger partial charge is 0.240 e. The summed E-state index contributed by atoms with van der Waals surface area (Å²) in [6.45, 7) is 7.15. The number of nitrogens with one attached hydrogen (secondary N) is 1. The highest BCUT2D eigenvalue weighted by Gasteiger charge is 2.15. The number of aryl methyl sites for hydroxylation is 1. The Bertz CT molecular complexity index is 517. The second-order valence-corrected chi connectivity index (χ2v) is 4.84. The van der Waals surface area contributed by atoms with Gasteiger partial charge < -0.3 is 9.84 Å². The van der Waals surface area contributed by atoms with Crippen LogP contribution in [0.3, 0.4) is 0 Å². The number of nitrogens with zero attached hydrogens (tertiary/aromatic N) is 4. The van der Waals surface area contributed by atoms with E-state index in [1.807, 2.05) is 6.92 Å². The van der Waals surface area contributed by atoms with Gasteiger partial charge in [-0.1, -0.05) is 25.4 Å². The van der Waals surface area contributed by atoms with Crippen molar-refractivity contribution in [1.29, 1.82) is 0 Å². The van der Waals surface area contributed by atoms with Crippen LogP contribution in [0.4, 0.5) is 0 Å². The minimum absolute atomic E-state index is 0.372. The van der Waals surface area contributed by atoms with Gasteiger partial charge in [-0.15, -0.1) is 0 Å². The van der Waals surface area contributed by atoms with Crippen molar-refractivity contribution in [2.24, 2.45) is 0 Å². The molecule has 20 heavy (non-hydrogen) atoms. The Kier molecular flexibility index (Phi) is 5.17. The minimum atomic E-state index is 0.372. The summed E-state index contributed by atoms with van der Waals surface area (Å²) >= 11 is 0. The molecule has 2 aromatic rings. The molecule has 2 heterocycles. The molecule has 0 aliphatic heterocycles. The van der Waals surface area contributed by atoms with E-state index in [-0.39, 0.29) is 0 Å². The first kappa shape index (κ1) is 14.6. The molecule has 2 aromatic heterocycles. The van der Waals surface area contributed by atoms with Crippen LogP contribution in [0.1, 0.15) is 38.1 Å². The maximum absolute atomic E-state index is 5.29. The van der Waals surface area contributed by atoms with E-state index in [1.54, 1.807) is 12.4 Å². The van der Waals surface area contributed by atoms with Crippen LogP contribution in [0, 0.1) is 6.92 Å². The number of likely N-dealkylation sites (N-methyl/N-ethyl adjacent to an activating group) is 1. The van der Waals surface area contributed by atoms with Crippen LogP contribution in [0.25, 0.3) is 11.6 Å². The summed E-state index contributed by atoms with van der Waals surface area (Å²) in [5, 5.41) is 7.38. The van der Waals surface area contributed by atoms with Crippen molar-refractivity contribution in [3.63, 3.8) is 0 Å². The molecule has 2 rings (SSSR count). The third-order valence-corrected chi connectivity index (χ3v) is 3.00. The molecule has 1 unspecified atom stereocenters. The van der Waals surface area contributed by atoms with Crippen molar-refractivity contribution in [2.75, 3.05) is 6.54 Å². The molecule has 0 amide bonds. The van der Waals surface area contributed by atoms with E-state index < -0.39 is 0 Å². The molecule has 1 atom stereocenters. The molecule has 108 valence electrons. The fourth-order valence-electron chi connectivity index (χ4n) is 2.06. The van der Waals surface area contributed by atoms with Gasteiger partial charge in [-0.05, 0) is 25.5 Å². The fourth-order valence-corrected chi connectivity index (χ4v) is 2.06. The Hall–Kier alpha value is -1.82. The zero-order valence-electron chi connectivity index (χ0n) is 12.3. The predicted molar refractivity (Wildman–Crippen MR) is 76.1 cm³/mol. The zero-order chi connectivity index (χ0) is 14.4. The molecule has 0 bridgehead atoms. The maximum atomic E-state index is 5.29. The Balaban J connectivity index is 2.06. The molecular weight excluding hydrogens is 254 g/mol. The molecule has 0 saturated heterocycles. The van der Waals surface area contributed by atoms with E-state index in [1.165, 1.54) is 0 Å². The van der Waals surface area contributed by atoms with Gasteiger partial charge in [-0.2, -0.15) is 4.98 Å². The SMILES string of the molecule is CCCC(Cc1nc(-c2ncc(C)cn2)no1)NCC. The fraction of sp³-hybridized carbons (Fsp3) is 0.571. The first-order valence-electron chi connectivity index (χ1n) is 7.07. The van der Waals surface area contributed by atoms with Gasteiger partial charge in [0.1, 0.15) is 0 Å². The molecule has 0 spiro atoms. The van der Waals surface area contributed by atoms with Crippen molar-refractivity contribution in [3.8, 4) is 11.6 Å². The second kappa shape index (κ2) is 7.09. The molecule has 0 saturated carbocycles. The average Bonchev–Trinajstić information content (AvgIpc) is 2.89. The molecule has 0 fully saturated rings. The summed E-state index contributed by atoms with van der Waals surface area (Å²) in [6.07, 6.45) is 6.45. The third-order valence-electron chi connectivity index (χ3n) is 3.00. The van der Waals surface area contributed by atoms with Gasteiger partial charge in [-0.25, -0.2) is 9.97 Å². The van der Waals surface area contributed by atoms with Crippen LogP contribution in [0.5, 0.6) is 0 Å². The summed E-state index contributed by atoms with van der Waals surface area (Å²) in [6, 6.07) is 0.372. The second-order valence-electron chi connectivity index (χ2n) is 4.84. The highest BCUT2D eigenvalue weighted by Crippen LogP contribution is 2.12. The van der Waals surface area contributed by atoms with Crippen molar-refractivity contribution in [2.45, 2.75) is 46.1 Å². The summed E-state index contributed by atoms with van der Waals surface area (Å²) in [7, 11) is 0. The van der Waals surface area contributed by atoms with Crippen molar-refractivity contribution in [3.05, 3.63) is 23.8 Å². The lowest BCUT2D eigenvalue weighted by molar-refractivity contribution is 0.352. The van der Waals surface area contributed by atoms with E-state index in [9.17, 15) is 0 Å². The molecule has 6 heteroatoms. The molecule has 0 aliphatic carbocycles. The highest BCUT2D eigenvalue weighted by molar-refractivity contribution is 5.40. The Morgan fingerprint density at radius 3 is 2.60 bits per heavy atom. The minimum Gasteiger partial charge on any atom is -0.339 e. The van der Waals surface area contributed by atoms with E-state index in [0.29, 0.717) is 23.6 Å².